The van der Waals surface area contributed by atoms with Gasteiger partial charge in [0.1, 0.15) is 6.61 Å². The van der Waals surface area contributed by atoms with Gasteiger partial charge in [-0.15, -0.1) is 0 Å². The van der Waals surface area contributed by atoms with E-state index in [0.29, 0.717) is 27.1 Å². The standard InChI is InChI=1S/C25H23IN6O6/c1-12-9-32-19-6-4-15(22(34)37-10-14-3-5-18(30-31-27)17(26)7-14)8-16(19)21(33)25(20(32)13(2)38-12)11-28-24(36)29-23(25)35/h3-8,12-13,20H,9-11H2,1-2H3,(H2,28,29,35,36)/t12-,13+,20-,25?/m1/s1. The van der Waals surface area contributed by atoms with Gasteiger partial charge in [0, 0.05) is 32.8 Å². The molecule has 1 spiro atoms. The summed E-state index contributed by atoms with van der Waals surface area (Å²) in [4.78, 5) is 56.8. The minimum Gasteiger partial charge on any atom is -0.457 e. The topological polar surface area (TPSA) is 163 Å². The van der Waals surface area contributed by atoms with Crippen molar-refractivity contribution in [2.75, 3.05) is 18.0 Å². The lowest BCUT2D eigenvalue weighted by atomic mass is 9.66. The maximum absolute atomic E-state index is 14.0. The number of imide groups is 1. The van der Waals surface area contributed by atoms with Crippen molar-refractivity contribution >= 4 is 57.7 Å². The van der Waals surface area contributed by atoms with Gasteiger partial charge in [-0.2, -0.15) is 0 Å². The molecule has 2 saturated heterocycles. The molecule has 2 N–H and O–H groups in total. The highest BCUT2D eigenvalue weighted by Gasteiger charge is 2.62. The maximum Gasteiger partial charge on any atom is 0.338 e. The highest BCUT2D eigenvalue weighted by atomic mass is 127. The highest BCUT2D eigenvalue weighted by Crippen LogP contribution is 2.46. The van der Waals surface area contributed by atoms with Crippen molar-refractivity contribution < 1.29 is 28.7 Å². The van der Waals surface area contributed by atoms with Gasteiger partial charge in [0.15, 0.2) is 11.2 Å². The molecule has 3 amide bonds. The van der Waals surface area contributed by atoms with Crippen LogP contribution in [0.5, 0.6) is 0 Å². The van der Waals surface area contributed by atoms with E-state index in [-0.39, 0.29) is 30.4 Å². The minimum absolute atomic E-state index is 0.0324. The zero-order chi connectivity index (χ0) is 27.2. The quantitative estimate of drug-likeness (QED) is 0.130. The van der Waals surface area contributed by atoms with Gasteiger partial charge in [-0.25, -0.2) is 9.59 Å². The van der Waals surface area contributed by atoms with Gasteiger partial charge in [0.2, 0.25) is 5.91 Å². The number of fused-ring (bicyclic) bond motifs is 4. The molecular formula is C25H23IN6O6. The summed E-state index contributed by atoms with van der Waals surface area (Å²) in [5.74, 6) is -1.83. The number of hydrogen-bond donors (Lipinski definition) is 2. The van der Waals surface area contributed by atoms with Crippen LogP contribution in [0.25, 0.3) is 10.4 Å². The Morgan fingerprint density at radius 2 is 2.05 bits per heavy atom. The Hall–Kier alpha value is -3.68. The number of urea groups is 1. The SMILES string of the molecule is C[C@@H]1CN2c3ccc(C(=O)OCc4ccc(N=[N+]=[N-])c(I)c4)cc3C(=O)C3(CNC(=O)NC3=O)[C@H]2[C@H](C)O1. The van der Waals surface area contributed by atoms with Gasteiger partial charge in [0.25, 0.3) is 0 Å². The van der Waals surface area contributed by atoms with Crippen LogP contribution in [-0.4, -0.2) is 55.0 Å². The number of Topliss-reactive ketones (excluding diaryl/α,β-unsaturated/α-hetero) is 1. The number of nitrogens with one attached hydrogen (secondary N) is 2. The number of amides is 3. The van der Waals surface area contributed by atoms with E-state index in [0.717, 1.165) is 0 Å². The second kappa shape index (κ2) is 9.89. The predicted molar refractivity (Wildman–Crippen MR) is 143 cm³/mol. The lowest BCUT2D eigenvalue weighted by molar-refractivity contribution is -0.134. The van der Waals surface area contributed by atoms with Crippen LogP contribution >= 0.6 is 22.6 Å². The van der Waals surface area contributed by atoms with Crippen molar-refractivity contribution in [1.29, 1.82) is 0 Å². The van der Waals surface area contributed by atoms with Crippen molar-refractivity contribution in [2.45, 2.75) is 38.7 Å². The number of esters is 1. The number of anilines is 1. The van der Waals surface area contributed by atoms with Gasteiger partial charge in [-0.05, 0) is 71.8 Å². The molecule has 5 rings (SSSR count). The van der Waals surface area contributed by atoms with Crippen LogP contribution in [0, 0.1) is 8.99 Å². The Morgan fingerprint density at radius 3 is 2.76 bits per heavy atom. The van der Waals surface area contributed by atoms with Crippen LogP contribution in [0.1, 0.15) is 40.1 Å². The number of benzene rings is 2. The van der Waals surface area contributed by atoms with Gasteiger partial charge >= 0.3 is 12.0 Å². The summed E-state index contributed by atoms with van der Waals surface area (Å²) < 4.78 is 12.2. The number of morpholine rings is 1. The fourth-order valence-electron chi connectivity index (χ4n) is 5.50. The average Bonchev–Trinajstić information content (AvgIpc) is 2.88. The summed E-state index contributed by atoms with van der Waals surface area (Å²) in [5, 5.41) is 8.44. The van der Waals surface area contributed by atoms with Crippen molar-refractivity contribution in [1.82, 2.24) is 10.6 Å². The molecular weight excluding hydrogens is 607 g/mol. The first-order chi connectivity index (χ1) is 18.1. The number of rotatable bonds is 4. The molecule has 3 aliphatic rings. The van der Waals surface area contributed by atoms with Crippen molar-refractivity contribution in [3.8, 4) is 0 Å². The monoisotopic (exact) mass is 630 g/mol. The maximum atomic E-state index is 14.0. The lowest BCUT2D eigenvalue weighted by Gasteiger charge is -2.55. The number of ketones is 1. The molecule has 0 aromatic heterocycles. The van der Waals surface area contributed by atoms with Crippen molar-refractivity contribution in [2.24, 2.45) is 10.5 Å². The van der Waals surface area contributed by atoms with Crippen LogP contribution in [-0.2, 0) is 20.9 Å². The Kier molecular flexibility index (Phi) is 6.75. The van der Waals surface area contributed by atoms with Crippen LogP contribution in [0.4, 0.5) is 16.2 Å². The van der Waals surface area contributed by atoms with Crippen molar-refractivity contribution in [3.05, 3.63) is 67.1 Å². The van der Waals surface area contributed by atoms with E-state index in [1.165, 1.54) is 6.07 Å². The fraction of sp³-hybridized carbons (Fsp3) is 0.360. The van der Waals surface area contributed by atoms with Crippen LogP contribution in [0.3, 0.4) is 0 Å². The summed E-state index contributed by atoms with van der Waals surface area (Å²) in [6, 6.07) is 8.48. The van der Waals surface area contributed by atoms with Gasteiger partial charge in [-0.1, -0.05) is 17.2 Å². The third kappa shape index (κ3) is 4.25. The third-order valence-corrected chi connectivity index (χ3v) is 7.94. The molecule has 4 atom stereocenters. The summed E-state index contributed by atoms with van der Waals surface area (Å²) in [5.41, 5.74) is 9.13. The van der Waals surface area contributed by atoms with E-state index in [4.69, 9.17) is 15.0 Å². The summed E-state index contributed by atoms with van der Waals surface area (Å²) >= 11 is 2.03. The zero-order valence-corrected chi connectivity index (χ0v) is 22.6. The van der Waals surface area contributed by atoms with E-state index in [9.17, 15) is 19.2 Å². The second-order valence-electron chi connectivity index (χ2n) is 9.47. The molecule has 12 nitrogen and oxygen atoms in total. The molecule has 2 fully saturated rings. The fourth-order valence-corrected chi connectivity index (χ4v) is 6.18. The molecule has 0 bridgehead atoms. The average molecular weight is 630 g/mol. The molecule has 1 unspecified atom stereocenters. The molecule has 0 radical (unpaired) electrons. The number of carbonyl (C=O) groups is 4. The number of ether oxygens (including phenoxy) is 2. The van der Waals surface area contributed by atoms with E-state index >= 15 is 0 Å². The first kappa shape index (κ1) is 25.9. The number of nitrogens with zero attached hydrogens (tertiary/aromatic N) is 4. The minimum atomic E-state index is -1.62. The summed E-state index contributed by atoms with van der Waals surface area (Å²) in [7, 11) is 0. The predicted octanol–water partition coefficient (Wildman–Crippen LogP) is 3.59. The molecule has 2 aromatic rings. The van der Waals surface area contributed by atoms with E-state index in [1.807, 2.05) is 41.3 Å². The molecule has 38 heavy (non-hydrogen) atoms. The molecule has 3 heterocycles. The number of hydrogen-bond acceptors (Lipinski definition) is 8. The third-order valence-electron chi connectivity index (χ3n) is 7.07. The molecule has 0 saturated carbocycles. The van der Waals surface area contributed by atoms with Crippen LogP contribution < -0.4 is 15.5 Å². The summed E-state index contributed by atoms with van der Waals surface area (Å²) in [6.45, 7) is 3.92. The molecule has 3 aliphatic heterocycles. The van der Waals surface area contributed by atoms with E-state index in [2.05, 4.69) is 20.7 Å². The Balaban J connectivity index is 1.46. The van der Waals surface area contributed by atoms with Crippen LogP contribution in [0.15, 0.2) is 41.5 Å². The van der Waals surface area contributed by atoms with E-state index in [1.54, 1.807) is 30.3 Å². The van der Waals surface area contributed by atoms with Gasteiger partial charge in [-0.3, -0.25) is 14.9 Å². The molecule has 196 valence electrons. The van der Waals surface area contributed by atoms with Crippen molar-refractivity contribution in [3.63, 3.8) is 0 Å². The zero-order valence-electron chi connectivity index (χ0n) is 20.4. The Morgan fingerprint density at radius 1 is 1.26 bits per heavy atom. The first-order valence-electron chi connectivity index (χ1n) is 11.9. The summed E-state index contributed by atoms with van der Waals surface area (Å²) in [6.07, 6.45) is -0.646. The first-order valence-corrected chi connectivity index (χ1v) is 12.9. The Labute approximate surface area is 230 Å². The normalized spacial score (nSPS) is 26.0. The molecule has 2 aromatic carbocycles. The largest absolute Gasteiger partial charge is 0.457 e. The van der Waals surface area contributed by atoms with Gasteiger partial charge < -0.3 is 19.7 Å². The smallest absolute Gasteiger partial charge is 0.338 e. The molecule has 13 heteroatoms. The molecule has 0 aliphatic carbocycles. The Bertz CT molecular complexity index is 1430. The lowest BCUT2D eigenvalue weighted by Crippen LogP contribution is -2.75. The second-order valence-corrected chi connectivity index (χ2v) is 10.6. The van der Waals surface area contributed by atoms with Crippen LogP contribution in [0.2, 0.25) is 0 Å². The highest BCUT2D eigenvalue weighted by molar-refractivity contribution is 14.1. The van der Waals surface area contributed by atoms with E-state index < -0.39 is 41.3 Å². The number of azide groups is 1. The number of halogens is 1. The number of carbonyl (C=O) groups excluding carboxylic acids is 4. The van der Waals surface area contributed by atoms with Gasteiger partial charge in [0.05, 0.1) is 29.5 Å².